The molecule has 0 amide bonds. The Morgan fingerprint density at radius 3 is 2.33 bits per heavy atom. The van der Waals surface area contributed by atoms with Crippen LogP contribution in [0.5, 0.6) is 0 Å². The lowest BCUT2D eigenvalue weighted by molar-refractivity contribution is -0.398. The molecule has 11 heteroatoms. The number of allylic oxidation sites excluding steroid dienone is 1. The summed E-state index contributed by atoms with van der Waals surface area (Å²) in [5.74, 6) is 1.53. The summed E-state index contributed by atoms with van der Waals surface area (Å²) in [4.78, 5) is 0. The first-order valence-corrected chi connectivity index (χ1v) is 17.1. The minimum absolute atomic E-state index is 0.0132. The number of aliphatic hydroxyl groups excluding tert-OH is 6. The van der Waals surface area contributed by atoms with Gasteiger partial charge >= 0.3 is 0 Å². The van der Waals surface area contributed by atoms with Crippen LogP contribution in [0.1, 0.15) is 86.0 Å². The SMILES string of the molecule is C[C@@H]([C@H]1CC[C@H]2[C@@H]3CC=C4C[C@@H](O)C[C@H](O)[C@]4(C)[C@H]3CC[C@]12C)[C@H]1C[C@@](C)(O)[C@@](C)(O)[C@H](O[C@@H]2O[C@H](CO)[C@@H](O)[C@H](O)[C@H]2O)O1. The third-order valence-corrected chi connectivity index (χ3v) is 14.0. The van der Waals surface area contributed by atoms with Crippen LogP contribution in [0, 0.1) is 40.4 Å². The Morgan fingerprint density at radius 2 is 1.64 bits per heavy atom. The van der Waals surface area contributed by atoms with Crippen molar-refractivity contribution in [2.24, 2.45) is 40.4 Å². The molecule has 6 rings (SSSR count). The molecule has 0 radical (unpaired) electrons. The van der Waals surface area contributed by atoms with Gasteiger partial charge in [0.1, 0.15) is 30.0 Å². The van der Waals surface area contributed by atoms with Gasteiger partial charge in [0.2, 0.25) is 0 Å². The van der Waals surface area contributed by atoms with Gasteiger partial charge in [-0.3, -0.25) is 0 Å². The van der Waals surface area contributed by atoms with E-state index >= 15 is 0 Å². The normalized spacial score (nSPS) is 57.4. The minimum Gasteiger partial charge on any atom is -0.394 e. The Hall–Kier alpha value is -0.700. The fourth-order valence-corrected chi connectivity index (χ4v) is 10.8. The summed E-state index contributed by atoms with van der Waals surface area (Å²) in [7, 11) is 0. The summed E-state index contributed by atoms with van der Waals surface area (Å²) in [5.41, 5.74) is -2.60. The first kappa shape index (κ1) is 34.2. The van der Waals surface area contributed by atoms with Crippen LogP contribution in [0.2, 0.25) is 0 Å². The molecular weight excluding hydrogens is 584 g/mol. The molecule has 18 atom stereocenters. The standard InChI is InChI=1S/C34H56O11/c1-16(23-14-32(3,41)34(5,42)30(44-23)45-29-28(40)27(39)26(38)24(15-35)43-29)20-8-9-21-19-7-6-17-12-18(36)13-25(37)33(17,4)22(19)10-11-31(20,21)2/h6,16,18-30,35-42H,7-15H2,1-5H3/t16-,18+,19-,20+,21-,22-,23+,24+,25-,26+,27-,28+,29-,30-,31+,32+,33-,34-/m0/s1. The molecule has 0 aromatic heterocycles. The summed E-state index contributed by atoms with van der Waals surface area (Å²) >= 11 is 0. The monoisotopic (exact) mass is 640 g/mol. The summed E-state index contributed by atoms with van der Waals surface area (Å²) in [6.45, 7) is 9.07. The van der Waals surface area contributed by atoms with Gasteiger partial charge in [0, 0.05) is 18.3 Å². The molecule has 8 N–H and O–H groups in total. The second-order valence-electron chi connectivity index (χ2n) is 16.3. The van der Waals surface area contributed by atoms with E-state index < -0.39 is 73.1 Å². The van der Waals surface area contributed by atoms with E-state index in [0.29, 0.717) is 30.6 Å². The molecule has 2 aliphatic heterocycles. The molecule has 0 bridgehead atoms. The molecule has 2 saturated heterocycles. The molecule has 2 heterocycles. The van der Waals surface area contributed by atoms with Gasteiger partial charge in [-0.2, -0.15) is 0 Å². The third kappa shape index (κ3) is 5.19. The smallest absolute Gasteiger partial charge is 0.192 e. The van der Waals surface area contributed by atoms with E-state index in [0.717, 1.165) is 32.1 Å². The van der Waals surface area contributed by atoms with Crippen molar-refractivity contribution in [3.63, 3.8) is 0 Å². The highest BCUT2D eigenvalue weighted by Gasteiger charge is 2.63. The quantitative estimate of drug-likeness (QED) is 0.200. The highest BCUT2D eigenvalue weighted by Crippen LogP contribution is 2.67. The topological polar surface area (TPSA) is 190 Å². The van der Waals surface area contributed by atoms with E-state index in [1.54, 1.807) is 6.92 Å². The van der Waals surface area contributed by atoms with Crippen molar-refractivity contribution in [1.29, 1.82) is 0 Å². The van der Waals surface area contributed by atoms with Gasteiger partial charge in [-0.05, 0) is 87.4 Å². The zero-order valence-corrected chi connectivity index (χ0v) is 27.3. The maximum absolute atomic E-state index is 11.6. The Labute approximate surface area is 266 Å². The number of hydrogen-bond acceptors (Lipinski definition) is 11. The maximum Gasteiger partial charge on any atom is 0.192 e. The molecule has 0 unspecified atom stereocenters. The van der Waals surface area contributed by atoms with Crippen molar-refractivity contribution < 1.29 is 55.1 Å². The van der Waals surface area contributed by atoms with Crippen LogP contribution in [0.4, 0.5) is 0 Å². The molecule has 6 aliphatic rings. The average molecular weight is 641 g/mol. The second kappa shape index (κ2) is 11.7. The molecule has 0 aromatic rings. The van der Waals surface area contributed by atoms with E-state index in [9.17, 15) is 40.9 Å². The van der Waals surface area contributed by atoms with Crippen molar-refractivity contribution in [2.45, 2.75) is 152 Å². The maximum atomic E-state index is 11.6. The van der Waals surface area contributed by atoms with Crippen LogP contribution in [0.15, 0.2) is 11.6 Å². The summed E-state index contributed by atoms with van der Waals surface area (Å²) in [6, 6.07) is 0. The highest BCUT2D eigenvalue weighted by atomic mass is 16.8. The molecule has 5 fully saturated rings. The molecule has 0 spiro atoms. The fourth-order valence-electron chi connectivity index (χ4n) is 10.8. The Morgan fingerprint density at radius 1 is 0.933 bits per heavy atom. The highest BCUT2D eigenvalue weighted by molar-refractivity contribution is 5.27. The molecule has 11 nitrogen and oxygen atoms in total. The van der Waals surface area contributed by atoms with Gasteiger partial charge in [0.05, 0.1) is 30.5 Å². The summed E-state index contributed by atoms with van der Waals surface area (Å²) in [6.07, 6.45) is -1.96. The van der Waals surface area contributed by atoms with E-state index in [-0.39, 0.29) is 29.1 Å². The summed E-state index contributed by atoms with van der Waals surface area (Å²) < 4.78 is 17.9. The molecular formula is C34H56O11. The Kier molecular flexibility index (Phi) is 8.90. The van der Waals surface area contributed by atoms with E-state index in [2.05, 4.69) is 26.8 Å². The predicted molar refractivity (Wildman–Crippen MR) is 161 cm³/mol. The molecule has 3 saturated carbocycles. The van der Waals surface area contributed by atoms with Gasteiger partial charge in [0.25, 0.3) is 0 Å². The van der Waals surface area contributed by atoms with E-state index in [1.165, 1.54) is 12.5 Å². The first-order chi connectivity index (χ1) is 21.0. The number of ether oxygens (including phenoxy) is 3. The fraction of sp³-hybridized carbons (Fsp3) is 0.941. The average Bonchev–Trinajstić information content (AvgIpc) is 3.33. The van der Waals surface area contributed by atoms with Crippen molar-refractivity contribution in [1.82, 2.24) is 0 Å². The van der Waals surface area contributed by atoms with Crippen LogP contribution in [-0.4, -0.2) is 114 Å². The largest absolute Gasteiger partial charge is 0.394 e. The lowest BCUT2D eigenvalue weighted by atomic mass is 9.46. The van der Waals surface area contributed by atoms with Crippen LogP contribution in [0.25, 0.3) is 0 Å². The molecule has 0 aromatic carbocycles. The van der Waals surface area contributed by atoms with Gasteiger partial charge < -0.3 is 55.1 Å². The van der Waals surface area contributed by atoms with Crippen LogP contribution in [-0.2, 0) is 14.2 Å². The third-order valence-electron chi connectivity index (χ3n) is 14.0. The van der Waals surface area contributed by atoms with Gasteiger partial charge in [0.15, 0.2) is 12.6 Å². The van der Waals surface area contributed by atoms with Gasteiger partial charge in [-0.25, -0.2) is 0 Å². The zero-order chi connectivity index (χ0) is 32.9. The van der Waals surface area contributed by atoms with Crippen molar-refractivity contribution in [3.8, 4) is 0 Å². The van der Waals surface area contributed by atoms with Crippen molar-refractivity contribution in [3.05, 3.63) is 11.6 Å². The Bertz CT molecular complexity index is 1130. The predicted octanol–water partition coefficient (Wildman–Crippen LogP) is 0.967. The molecule has 258 valence electrons. The molecule has 4 aliphatic carbocycles. The van der Waals surface area contributed by atoms with Crippen molar-refractivity contribution >= 4 is 0 Å². The zero-order valence-electron chi connectivity index (χ0n) is 27.3. The lowest BCUT2D eigenvalue weighted by Crippen LogP contribution is -2.68. The van der Waals surface area contributed by atoms with E-state index in [4.69, 9.17) is 14.2 Å². The van der Waals surface area contributed by atoms with Gasteiger partial charge in [-0.1, -0.05) is 32.4 Å². The second-order valence-corrected chi connectivity index (χ2v) is 16.3. The van der Waals surface area contributed by atoms with Crippen molar-refractivity contribution in [2.75, 3.05) is 6.61 Å². The first-order valence-electron chi connectivity index (χ1n) is 17.1. The van der Waals surface area contributed by atoms with Crippen LogP contribution in [0.3, 0.4) is 0 Å². The molecule has 45 heavy (non-hydrogen) atoms. The number of hydrogen-bond donors (Lipinski definition) is 8. The van der Waals surface area contributed by atoms with Crippen LogP contribution < -0.4 is 0 Å². The summed E-state index contributed by atoms with van der Waals surface area (Å²) in [5, 5.41) is 85.4. The minimum atomic E-state index is -1.90. The number of fused-ring (bicyclic) bond motifs is 5. The lowest BCUT2D eigenvalue weighted by Gasteiger charge is -2.60. The van der Waals surface area contributed by atoms with Crippen LogP contribution >= 0.6 is 0 Å². The number of aliphatic hydroxyl groups is 8. The van der Waals surface area contributed by atoms with Gasteiger partial charge in [-0.15, -0.1) is 0 Å². The number of rotatable bonds is 5. The Balaban J connectivity index is 1.21. The van der Waals surface area contributed by atoms with E-state index in [1.807, 2.05) is 0 Å².